The number of pyridine rings is 1. The van der Waals surface area contributed by atoms with Crippen LogP contribution >= 0.6 is 11.6 Å². The number of benzene rings is 1. The molecule has 1 aromatic heterocycles. The van der Waals surface area contributed by atoms with Crippen molar-refractivity contribution in [1.29, 1.82) is 0 Å². The summed E-state index contributed by atoms with van der Waals surface area (Å²) in [5.41, 5.74) is -1.04. The highest BCUT2D eigenvalue weighted by molar-refractivity contribution is 6.34. The Balaban J connectivity index is 2.27. The van der Waals surface area contributed by atoms with Gasteiger partial charge >= 0.3 is 12.1 Å². The van der Waals surface area contributed by atoms with Crippen LogP contribution in [0.4, 0.5) is 13.2 Å². The lowest BCUT2D eigenvalue weighted by atomic mass is 10.2. The minimum absolute atomic E-state index is 0.0555. The van der Waals surface area contributed by atoms with Crippen molar-refractivity contribution in [2.75, 3.05) is 0 Å². The zero-order valence-corrected chi connectivity index (χ0v) is 10.9. The molecule has 0 atom stereocenters. The van der Waals surface area contributed by atoms with E-state index in [1.54, 1.807) is 0 Å². The predicted molar refractivity (Wildman–Crippen MR) is 67.7 cm³/mol. The SMILES string of the molecule is O=C(O)c1ccnc(Oc2ccc(C(F)(F)F)cc2)c1Cl. The van der Waals surface area contributed by atoms with Gasteiger partial charge in [0.05, 0.1) is 11.1 Å². The maximum Gasteiger partial charge on any atom is 0.416 e. The molecule has 0 fully saturated rings. The third-order valence-corrected chi connectivity index (χ3v) is 2.85. The second-order valence-electron chi connectivity index (χ2n) is 3.91. The highest BCUT2D eigenvalue weighted by atomic mass is 35.5. The average molecular weight is 318 g/mol. The number of hydrogen-bond donors (Lipinski definition) is 1. The predicted octanol–water partition coefficient (Wildman–Crippen LogP) is 4.24. The third-order valence-electron chi connectivity index (χ3n) is 2.48. The van der Waals surface area contributed by atoms with Crippen LogP contribution in [0.15, 0.2) is 36.5 Å². The summed E-state index contributed by atoms with van der Waals surface area (Å²) in [6, 6.07) is 5.04. The van der Waals surface area contributed by atoms with E-state index in [9.17, 15) is 18.0 Å². The Labute approximate surface area is 121 Å². The summed E-state index contributed by atoms with van der Waals surface area (Å²) in [6.45, 7) is 0. The number of carboxylic acids is 1. The van der Waals surface area contributed by atoms with Gasteiger partial charge in [-0.25, -0.2) is 9.78 Å². The van der Waals surface area contributed by atoms with Crippen molar-refractivity contribution >= 4 is 17.6 Å². The molecule has 0 saturated heterocycles. The first kappa shape index (κ1) is 15.1. The average Bonchev–Trinajstić information content (AvgIpc) is 2.40. The van der Waals surface area contributed by atoms with Gasteiger partial charge in [-0.3, -0.25) is 0 Å². The standard InChI is InChI=1S/C13H7ClF3NO3/c14-10-9(12(19)20)5-6-18-11(10)21-8-3-1-7(2-4-8)13(15,16)17/h1-6H,(H,19,20). The van der Waals surface area contributed by atoms with Crippen LogP contribution in [0, 0.1) is 0 Å². The quantitative estimate of drug-likeness (QED) is 0.919. The molecule has 0 aliphatic rings. The molecule has 2 aromatic rings. The van der Waals surface area contributed by atoms with Crippen molar-refractivity contribution in [3.63, 3.8) is 0 Å². The van der Waals surface area contributed by atoms with E-state index in [2.05, 4.69) is 4.98 Å². The zero-order chi connectivity index (χ0) is 15.6. The fourth-order valence-electron chi connectivity index (χ4n) is 1.48. The second-order valence-corrected chi connectivity index (χ2v) is 4.28. The van der Waals surface area contributed by atoms with E-state index in [1.165, 1.54) is 12.3 Å². The molecule has 0 unspecified atom stereocenters. The van der Waals surface area contributed by atoms with Gasteiger partial charge in [0, 0.05) is 6.20 Å². The molecule has 1 aromatic carbocycles. The van der Waals surface area contributed by atoms with Crippen LogP contribution in [-0.2, 0) is 6.18 Å². The molecule has 4 nitrogen and oxygen atoms in total. The summed E-state index contributed by atoms with van der Waals surface area (Å²) >= 11 is 5.81. The summed E-state index contributed by atoms with van der Waals surface area (Å²) in [7, 11) is 0. The first-order valence-corrected chi connectivity index (χ1v) is 5.90. The van der Waals surface area contributed by atoms with Crippen molar-refractivity contribution in [3.05, 3.63) is 52.7 Å². The summed E-state index contributed by atoms with van der Waals surface area (Å²) in [5, 5.41) is 8.66. The van der Waals surface area contributed by atoms with Crippen LogP contribution in [0.3, 0.4) is 0 Å². The lowest BCUT2D eigenvalue weighted by Gasteiger charge is -2.10. The number of aromatic carboxylic acids is 1. The fraction of sp³-hybridized carbons (Fsp3) is 0.0769. The Hall–Kier alpha value is -2.28. The largest absolute Gasteiger partial charge is 0.478 e. The minimum Gasteiger partial charge on any atom is -0.478 e. The minimum atomic E-state index is -4.45. The van der Waals surface area contributed by atoms with E-state index in [-0.39, 0.29) is 22.2 Å². The van der Waals surface area contributed by atoms with Crippen molar-refractivity contribution in [2.45, 2.75) is 6.18 Å². The summed E-state index contributed by atoms with van der Waals surface area (Å²) in [6.07, 6.45) is -3.27. The van der Waals surface area contributed by atoms with Gasteiger partial charge in [-0.05, 0) is 30.3 Å². The molecule has 0 aliphatic heterocycles. The number of rotatable bonds is 3. The van der Waals surface area contributed by atoms with Gasteiger partial charge in [-0.2, -0.15) is 13.2 Å². The Morgan fingerprint density at radius 1 is 1.19 bits per heavy atom. The molecule has 2 rings (SSSR count). The molecule has 0 amide bonds. The highest BCUT2D eigenvalue weighted by Gasteiger charge is 2.30. The molecule has 110 valence electrons. The Morgan fingerprint density at radius 2 is 1.81 bits per heavy atom. The van der Waals surface area contributed by atoms with Crippen molar-refractivity contribution < 1.29 is 27.8 Å². The first-order chi connectivity index (χ1) is 9.79. The summed E-state index contributed by atoms with van der Waals surface area (Å²) in [4.78, 5) is 14.6. The zero-order valence-electron chi connectivity index (χ0n) is 10.2. The summed E-state index contributed by atoms with van der Waals surface area (Å²) in [5.74, 6) is -1.41. The number of carbonyl (C=O) groups is 1. The van der Waals surface area contributed by atoms with Crippen LogP contribution in [0.1, 0.15) is 15.9 Å². The van der Waals surface area contributed by atoms with Crippen molar-refractivity contribution in [2.24, 2.45) is 0 Å². The molecule has 21 heavy (non-hydrogen) atoms. The Kier molecular flexibility index (Phi) is 4.04. The normalized spacial score (nSPS) is 11.2. The van der Waals surface area contributed by atoms with Gasteiger partial charge in [-0.15, -0.1) is 0 Å². The first-order valence-electron chi connectivity index (χ1n) is 5.52. The molecule has 8 heteroatoms. The number of carboxylic acid groups (broad SMARTS) is 1. The Morgan fingerprint density at radius 3 is 2.33 bits per heavy atom. The van der Waals surface area contributed by atoms with E-state index >= 15 is 0 Å². The topological polar surface area (TPSA) is 59.4 Å². The number of halogens is 4. The highest BCUT2D eigenvalue weighted by Crippen LogP contribution is 2.33. The third kappa shape index (κ3) is 3.43. The molecule has 0 aliphatic carbocycles. The van der Waals surface area contributed by atoms with E-state index in [0.29, 0.717) is 0 Å². The summed E-state index contributed by atoms with van der Waals surface area (Å²) < 4.78 is 42.4. The molecular weight excluding hydrogens is 311 g/mol. The molecule has 1 N–H and O–H groups in total. The molecule has 0 bridgehead atoms. The maximum atomic E-state index is 12.4. The van der Waals surface area contributed by atoms with Crippen LogP contribution in [-0.4, -0.2) is 16.1 Å². The number of alkyl halides is 3. The second kappa shape index (κ2) is 5.61. The van der Waals surface area contributed by atoms with Gasteiger partial charge in [0.15, 0.2) is 0 Å². The fourth-order valence-corrected chi connectivity index (χ4v) is 1.72. The van der Waals surface area contributed by atoms with Gasteiger partial charge in [0.1, 0.15) is 10.8 Å². The Bertz CT molecular complexity index is 671. The number of hydrogen-bond acceptors (Lipinski definition) is 3. The molecular formula is C13H7ClF3NO3. The maximum absolute atomic E-state index is 12.4. The number of ether oxygens (including phenoxy) is 1. The number of aromatic nitrogens is 1. The molecule has 1 heterocycles. The lowest BCUT2D eigenvalue weighted by Crippen LogP contribution is -2.04. The van der Waals surface area contributed by atoms with Crippen LogP contribution in [0.5, 0.6) is 11.6 Å². The van der Waals surface area contributed by atoms with Crippen LogP contribution < -0.4 is 4.74 Å². The van der Waals surface area contributed by atoms with E-state index < -0.39 is 17.7 Å². The van der Waals surface area contributed by atoms with Crippen molar-refractivity contribution in [3.8, 4) is 11.6 Å². The van der Waals surface area contributed by atoms with Crippen molar-refractivity contribution in [1.82, 2.24) is 4.98 Å². The van der Waals surface area contributed by atoms with E-state index in [4.69, 9.17) is 21.4 Å². The molecule has 0 spiro atoms. The van der Waals surface area contributed by atoms with E-state index in [1.807, 2.05) is 0 Å². The van der Waals surface area contributed by atoms with E-state index in [0.717, 1.165) is 24.3 Å². The molecule has 0 radical (unpaired) electrons. The van der Waals surface area contributed by atoms with Crippen LogP contribution in [0.25, 0.3) is 0 Å². The van der Waals surface area contributed by atoms with Gasteiger partial charge in [0.2, 0.25) is 5.88 Å². The monoisotopic (exact) mass is 317 g/mol. The smallest absolute Gasteiger partial charge is 0.416 e. The lowest BCUT2D eigenvalue weighted by molar-refractivity contribution is -0.137. The van der Waals surface area contributed by atoms with Gasteiger partial charge in [0.25, 0.3) is 0 Å². The number of nitrogens with zero attached hydrogens (tertiary/aromatic N) is 1. The van der Waals surface area contributed by atoms with Gasteiger partial charge in [-0.1, -0.05) is 11.6 Å². The molecule has 0 saturated carbocycles. The van der Waals surface area contributed by atoms with Crippen LogP contribution in [0.2, 0.25) is 5.02 Å². The van der Waals surface area contributed by atoms with Gasteiger partial charge < -0.3 is 9.84 Å².